The number of halogens is 1. The summed E-state index contributed by atoms with van der Waals surface area (Å²) in [4.78, 5) is 24.7. The number of nitrogens with zero attached hydrogens (tertiary/aromatic N) is 1. The van der Waals surface area contributed by atoms with E-state index >= 15 is 0 Å². The maximum atomic E-state index is 11.8. The van der Waals surface area contributed by atoms with Crippen LogP contribution < -0.4 is 4.90 Å². The number of hydrogen-bond donors (Lipinski definition) is 0. The van der Waals surface area contributed by atoms with Gasteiger partial charge in [-0.3, -0.25) is 14.5 Å². The summed E-state index contributed by atoms with van der Waals surface area (Å²) in [5, 5.41) is 0.665. The number of imide groups is 1. The van der Waals surface area contributed by atoms with Crippen LogP contribution in [0.5, 0.6) is 0 Å². The van der Waals surface area contributed by atoms with Gasteiger partial charge in [0.15, 0.2) is 0 Å². The Morgan fingerprint density at radius 1 is 1.41 bits per heavy atom. The molecule has 0 aliphatic carbocycles. The van der Waals surface area contributed by atoms with Crippen molar-refractivity contribution in [2.75, 3.05) is 4.90 Å². The minimum Gasteiger partial charge on any atom is -0.274 e. The predicted molar refractivity (Wildman–Crippen MR) is 67.3 cm³/mol. The molecule has 0 saturated heterocycles. The topological polar surface area (TPSA) is 37.4 Å². The van der Waals surface area contributed by atoms with Gasteiger partial charge in [-0.05, 0) is 36.1 Å². The zero-order chi connectivity index (χ0) is 12.6. The van der Waals surface area contributed by atoms with E-state index in [1.807, 2.05) is 19.1 Å². The van der Waals surface area contributed by atoms with Gasteiger partial charge in [0.1, 0.15) is 0 Å². The van der Waals surface area contributed by atoms with Crippen LogP contribution in [0.1, 0.15) is 31.4 Å². The third-order valence-electron chi connectivity index (χ3n) is 3.01. The summed E-state index contributed by atoms with van der Waals surface area (Å²) in [7, 11) is 0. The van der Waals surface area contributed by atoms with Crippen LogP contribution in [0.3, 0.4) is 0 Å². The summed E-state index contributed by atoms with van der Waals surface area (Å²) < 4.78 is 0. The van der Waals surface area contributed by atoms with E-state index in [2.05, 4.69) is 0 Å². The minimum absolute atomic E-state index is 0.123. The number of amides is 2. The lowest BCUT2D eigenvalue weighted by Gasteiger charge is -2.29. The molecule has 0 aromatic heterocycles. The number of carbonyl (C=O) groups is 2. The van der Waals surface area contributed by atoms with Crippen LogP contribution in [0.2, 0.25) is 5.02 Å². The number of rotatable bonds is 1. The van der Waals surface area contributed by atoms with Gasteiger partial charge in [-0.1, -0.05) is 18.5 Å². The van der Waals surface area contributed by atoms with Gasteiger partial charge in [-0.15, -0.1) is 0 Å². The van der Waals surface area contributed by atoms with E-state index in [1.165, 1.54) is 11.8 Å². The molecule has 2 rings (SSSR count). The summed E-state index contributed by atoms with van der Waals surface area (Å²) in [6, 6.07) is 3.67. The van der Waals surface area contributed by atoms with Gasteiger partial charge in [-0.2, -0.15) is 0 Å². The Labute approximate surface area is 105 Å². The first-order chi connectivity index (χ1) is 8.04. The van der Waals surface area contributed by atoms with Crippen molar-refractivity contribution in [1.29, 1.82) is 0 Å². The predicted octanol–water partition coefficient (Wildman–Crippen LogP) is 2.73. The fourth-order valence-electron chi connectivity index (χ4n) is 2.28. The number of carbonyl (C=O) groups excluding carboxylic acids is 2. The van der Waals surface area contributed by atoms with Gasteiger partial charge in [0.2, 0.25) is 11.8 Å². The molecule has 0 radical (unpaired) electrons. The SMILES string of the molecule is CCc1cc(Cl)cc2c1N(C(C)=O)C(=O)CC2. The molecular formula is C13H14ClNO2. The number of hydrogen-bond acceptors (Lipinski definition) is 2. The monoisotopic (exact) mass is 251 g/mol. The standard InChI is InChI=1S/C13H14ClNO2/c1-3-9-6-11(14)7-10-4-5-12(17)15(8(2)16)13(9)10/h6-7H,3-5H2,1-2H3. The smallest absolute Gasteiger partial charge is 0.234 e. The largest absolute Gasteiger partial charge is 0.274 e. The average Bonchev–Trinajstić information content (AvgIpc) is 2.27. The van der Waals surface area contributed by atoms with Crippen molar-refractivity contribution in [3.05, 3.63) is 28.3 Å². The zero-order valence-electron chi connectivity index (χ0n) is 9.92. The second-order valence-electron chi connectivity index (χ2n) is 4.17. The van der Waals surface area contributed by atoms with Gasteiger partial charge < -0.3 is 0 Å². The van der Waals surface area contributed by atoms with Crippen LogP contribution >= 0.6 is 11.6 Å². The van der Waals surface area contributed by atoms with Crippen LogP contribution in [0.4, 0.5) is 5.69 Å². The molecule has 0 saturated carbocycles. The molecule has 4 heteroatoms. The molecule has 0 spiro atoms. The van der Waals surface area contributed by atoms with Crippen molar-refractivity contribution >= 4 is 29.1 Å². The maximum Gasteiger partial charge on any atom is 0.234 e. The minimum atomic E-state index is -0.229. The van der Waals surface area contributed by atoms with Crippen molar-refractivity contribution in [1.82, 2.24) is 0 Å². The lowest BCUT2D eigenvalue weighted by atomic mass is 9.96. The van der Waals surface area contributed by atoms with Crippen molar-refractivity contribution in [2.24, 2.45) is 0 Å². The molecule has 1 heterocycles. The lowest BCUT2D eigenvalue weighted by molar-refractivity contribution is -0.125. The van der Waals surface area contributed by atoms with Gasteiger partial charge in [0.25, 0.3) is 0 Å². The Balaban J connectivity index is 2.65. The molecule has 0 fully saturated rings. The third-order valence-corrected chi connectivity index (χ3v) is 3.23. The van der Waals surface area contributed by atoms with E-state index < -0.39 is 0 Å². The Kier molecular flexibility index (Phi) is 3.20. The molecule has 0 N–H and O–H groups in total. The Bertz CT molecular complexity index is 479. The summed E-state index contributed by atoms with van der Waals surface area (Å²) in [6.45, 7) is 3.41. The van der Waals surface area contributed by atoms with Crippen LogP contribution in [0.15, 0.2) is 12.1 Å². The van der Waals surface area contributed by atoms with E-state index in [-0.39, 0.29) is 11.8 Å². The van der Waals surface area contributed by atoms with Gasteiger partial charge in [0, 0.05) is 18.4 Å². The second-order valence-corrected chi connectivity index (χ2v) is 4.61. The number of anilines is 1. The Morgan fingerprint density at radius 3 is 2.71 bits per heavy atom. The molecular weight excluding hydrogens is 238 g/mol. The first-order valence-corrected chi connectivity index (χ1v) is 6.07. The molecule has 17 heavy (non-hydrogen) atoms. The first kappa shape index (κ1) is 12.1. The van der Waals surface area contributed by atoms with Gasteiger partial charge in [-0.25, -0.2) is 0 Å². The normalized spacial score (nSPS) is 14.8. The lowest BCUT2D eigenvalue weighted by Crippen LogP contribution is -2.39. The Hall–Kier alpha value is -1.35. The summed E-state index contributed by atoms with van der Waals surface area (Å²) in [6.07, 6.45) is 1.78. The van der Waals surface area contributed by atoms with Crippen LogP contribution in [0.25, 0.3) is 0 Å². The van der Waals surface area contributed by atoms with Gasteiger partial charge in [0.05, 0.1) is 5.69 Å². The molecule has 1 aliphatic rings. The average molecular weight is 252 g/mol. The zero-order valence-corrected chi connectivity index (χ0v) is 10.7. The van der Waals surface area contributed by atoms with E-state index in [0.29, 0.717) is 17.9 Å². The van der Waals surface area contributed by atoms with Crippen molar-refractivity contribution in [2.45, 2.75) is 33.1 Å². The molecule has 0 atom stereocenters. The van der Waals surface area contributed by atoms with Crippen molar-refractivity contribution in [3.8, 4) is 0 Å². The number of fused-ring (bicyclic) bond motifs is 1. The molecule has 1 aromatic carbocycles. The highest BCUT2D eigenvalue weighted by atomic mass is 35.5. The van der Waals surface area contributed by atoms with Crippen molar-refractivity contribution < 1.29 is 9.59 Å². The molecule has 1 aliphatic heterocycles. The molecule has 3 nitrogen and oxygen atoms in total. The third kappa shape index (κ3) is 2.07. The summed E-state index contributed by atoms with van der Waals surface area (Å²) in [5.74, 6) is -0.352. The number of aryl methyl sites for hydroxylation is 2. The summed E-state index contributed by atoms with van der Waals surface area (Å²) in [5.41, 5.74) is 2.69. The molecule has 1 aromatic rings. The number of benzene rings is 1. The quantitative estimate of drug-likeness (QED) is 0.770. The molecule has 90 valence electrons. The van der Waals surface area contributed by atoms with Crippen LogP contribution in [0, 0.1) is 0 Å². The van der Waals surface area contributed by atoms with E-state index in [1.54, 1.807) is 0 Å². The highest BCUT2D eigenvalue weighted by molar-refractivity contribution is 6.31. The fourth-order valence-corrected chi connectivity index (χ4v) is 2.54. The molecule has 0 bridgehead atoms. The van der Waals surface area contributed by atoms with E-state index in [9.17, 15) is 9.59 Å². The second kappa shape index (κ2) is 4.49. The maximum absolute atomic E-state index is 11.8. The van der Waals surface area contributed by atoms with E-state index in [0.717, 1.165) is 23.2 Å². The fraction of sp³-hybridized carbons (Fsp3) is 0.385. The van der Waals surface area contributed by atoms with Crippen LogP contribution in [-0.2, 0) is 22.4 Å². The van der Waals surface area contributed by atoms with Crippen LogP contribution in [-0.4, -0.2) is 11.8 Å². The highest BCUT2D eigenvalue weighted by Gasteiger charge is 2.29. The van der Waals surface area contributed by atoms with E-state index in [4.69, 9.17) is 11.6 Å². The first-order valence-electron chi connectivity index (χ1n) is 5.69. The molecule has 0 unspecified atom stereocenters. The Morgan fingerprint density at radius 2 is 2.12 bits per heavy atom. The van der Waals surface area contributed by atoms with Gasteiger partial charge >= 0.3 is 0 Å². The summed E-state index contributed by atoms with van der Waals surface area (Å²) >= 11 is 6.04. The molecule has 2 amide bonds. The highest BCUT2D eigenvalue weighted by Crippen LogP contribution is 2.34. The van der Waals surface area contributed by atoms with Crippen molar-refractivity contribution in [3.63, 3.8) is 0 Å².